The molecule has 0 aromatic heterocycles. The molecule has 1 aromatic rings. The first-order chi connectivity index (χ1) is 9.84. The van der Waals surface area contributed by atoms with Crippen LogP contribution in [-0.4, -0.2) is 5.01 Å². The van der Waals surface area contributed by atoms with Crippen molar-refractivity contribution < 1.29 is 52.2 Å². The molecule has 2 aliphatic carbocycles. The normalized spacial score (nSPS) is 17.9. The quantitative estimate of drug-likeness (QED) is 0.282. The van der Waals surface area contributed by atoms with E-state index in [9.17, 15) is 0 Å². The number of halogens is 3. The molecule has 0 saturated carbocycles. The summed E-state index contributed by atoms with van der Waals surface area (Å²) in [6, 6.07) is 9.14. The van der Waals surface area contributed by atoms with Gasteiger partial charge in [-0.1, -0.05) is 5.22 Å². The molecule has 114 valence electrons. The van der Waals surface area contributed by atoms with Crippen molar-refractivity contribution in [2.24, 2.45) is 0 Å². The van der Waals surface area contributed by atoms with E-state index in [1.165, 1.54) is 5.57 Å². The molecule has 1 aromatic carbocycles. The molecule has 4 rings (SSSR count). The van der Waals surface area contributed by atoms with E-state index in [0.29, 0.717) is 0 Å². The molecule has 0 fully saturated rings. The topological polar surface area (TPSA) is 9.23 Å². The van der Waals surface area contributed by atoms with Crippen molar-refractivity contribution in [1.29, 1.82) is 0 Å². The van der Waals surface area contributed by atoms with Gasteiger partial charge in [-0.2, -0.15) is 6.08 Å². The van der Waals surface area contributed by atoms with E-state index in [0.717, 1.165) is 45.3 Å². The van der Waals surface area contributed by atoms with Crippen LogP contribution in [0.4, 0.5) is 0 Å². The van der Waals surface area contributed by atoms with Gasteiger partial charge < -0.3 is 29.6 Å². The Morgan fingerprint density at radius 3 is 2.68 bits per heavy atom. The first-order valence-corrected chi connectivity index (χ1v) is 10.4. The van der Waals surface area contributed by atoms with E-state index in [4.69, 9.17) is 4.74 Å². The minimum absolute atomic E-state index is 0. The second-order valence-corrected chi connectivity index (χ2v) is 4.97. The van der Waals surface area contributed by atoms with Gasteiger partial charge in [-0.25, -0.2) is 12.2 Å². The molecule has 0 saturated heterocycles. The maximum atomic E-state index is 5.60. The maximum absolute atomic E-state index is 5.60. The summed E-state index contributed by atoms with van der Waals surface area (Å²) in [5, 5.41) is 2.31. The molecule has 0 radical (unpaired) electrons. The van der Waals surface area contributed by atoms with Gasteiger partial charge in [0.05, 0.1) is 5.76 Å². The van der Waals surface area contributed by atoms with Gasteiger partial charge in [-0.3, -0.25) is 6.08 Å². The van der Waals surface area contributed by atoms with Crippen LogP contribution < -0.4 is 35.3 Å². The summed E-state index contributed by atoms with van der Waals surface area (Å²) in [6.45, 7) is 0. The summed E-state index contributed by atoms with van der Waals surface area (Å²) in [7, 11) is 4.17. The zero-order chi connectivity index (χ0) is 14.4. The van der Waals surface area contributed by atoms with Crippen LogP contribution in [0.1, 0.15) is 6.42 Å². The van der Waals surface area contributed by atoms with E-state index >= 15 is 0 Å². The molecule has 1 aliphatic heterocycles. The Morgan fingerprint density at radius 1 is 1.32 bits per heavy atom. The third-order valence-corrected chi connectivity index (χ3v) is 3.27. The van der Waals surface area contributed by atoms with E-state index < -0.39 is 0 Å². The van der Waals surface area contributed by atoms with Crippen molar-refractivity contribution in [1.82, 2.24) is 0 Å². The van der Waals surface area contributed by atoms with Crippen LogP contribution in [0, 0.1) is 12.1 Å². The zero-order valence-electron chi connectivity index (χ0n) is 11.4. The van der Waals surface area contributed by atoms with Gasteiger partial charge >= 0.3 is 31.5 Å². The van der Waals surface area contributed by atoms with Crippen LogP contribution in [0.5, 0.6) is 0 Å². The van der Waals surface area contributed by atoms with Crippen molar-refractivity contribution >= 4 is 36.6 Å². The number of fused-ring (bicyclic) bond motifs is 2. The Labute approximate surface area is 169 Å². The zero-order valence-corrected chi connectivity index (χ0v) is 17.7. The fraction of sp³-hybridized carbons (Fsp3) is 0.125. The van der Waals surface area contributed by atoms with E-state index in [1.807, 2.05) is 24.3 Å². The Bertz CT molecular complexity index is 690. The van der Waals surface area contributed by atoms with Gasteiger partial charge in [0.15, 0.2) is 5.01 Å². The summed E-state index contributed by atoms with van der Waals surface area (Å²) in [5.41, 5.74) is 1.17. The third kappa shape index (κ3) is 5.65. The van der Waals surface area contributed by atoms with Crippen LogP contribution in [0.15, 0.2) is 48.1 Å². The second kappa shape index (κ2) is 11.6. The number of hydrogen-bond donors (Lipinski definition) is 0. The van der Waals surface area contributed by atoms with Crippen molar-refractivity contribution in [3.8, 4) is 0 Å². The van der Waals surface area contributed by atoms with Crippen LogP contribution in [0.3, 0.4) is 0 Å². The molecule has 6 heteroatoms. The number of ether oxygens (including phenoxy) is 1. The molecule has 0 N–H and O–H groups in total. The average molecular weight is 493 g/mol. The SMILES string of the molecule is BrC1C=C2C=c3[c-]cccc3=C2O1.[C-]1=CC=CC1.[Cl-].[Cl-].[S]=[Zr+2]. The molecule has 22 heavy (non-hydrogen) atoms. The molecule has 0 bridgehead atoms. The summed E-state index contributed by atoms with van der Waals surface area (Å²) in [5.74, 6) is 0.980. The van der Waals surface area contributed by atoms with Gasteiger partial charge in [0.1, 0.15) is 0 Å². The van der Waals surface area contributed by atoms with Gasteiger partial charge in [0, 0.05) is 0 Å². The summed E-state index contributed by atoms with van der Waals surface area (Å²) in [6.07, 6.45) is 14.2. The van der Waals surface area contributed by atoms with Crippen molar-refractivity contribution in [2.75, 3.05) is 0 Å². The Balaban J connectivity index is 0.000000422. The van der Waals surface area contributed by atoms with Gasteiger partial charge in [0.2, 0.25) is 0 Å². The molecular formula is C16H11BrCl2OSZr-2. The van der Waals surface area contributed by atoms with Gasteiger partial charge in [-0.05, 0) is 27.6 Å². The van der Waals surface area contributed by atoms with Crippen LogP contribution >= 0.6 is 24.8 Å². The first kappa shape index (κ1) is 22.1. The summed E-state index contributed by atoms with van der Waals surface area (Å²) < 4.78 is 5.60. The van der Waals surface area contributed by atoms with Crippen molar-refractivity contribution in [3.05, 3.63) is 70.7 Å². The van der Waals surface area contributed by atoms with Gasteiger partial charge in [0.25, 0.3) is 0 Å². The monoisotopic (exact) mass is 490 g/mol. The van der Waals surface area contributed by atoms with Crippen molar-refractivity contribution in [2.45, 2.75) is 11.4 Å². The van der Waals surface area contributed by atoms with Crippen LogP contribution in [0.25, 0.3) is 11.8 Å². The van der Waals surface area contributed by atoms with Gasteiger partial charge in [-0.15, -0.1) is 42.0 Å². The predicted molar refractivity (Wildman–Crippen MR) is 83.4 cm³/mol. The Morgan fingerprint density at radius 2 is 2.09 bits per heavy atom. The number of rotatable bonds is 0. The number of alkyl halides is 1. The molecule has 1 atom stereocenters. The number of benzene rings is 1. The Hall–Kier alpha value is 0.143. The fourth-order valence-electron chi connectivity index (χ4n) is 2.03. The molecule has 3 aliphatic rings. The van der Waals surface area contributed by atoms with E-state index in [2.05, 4.69) is 61.2 Å². The standard InChI is InChI=1S/C11H6BrO.C5H5.2ClH.S.Zr/c12-10-6-8-5-7-3-1-2-4-9(7)11(8)13-10;1-2-4-5-3-1;;;;/h1-2,4-6,10H;1-3H,4H2;2*1H;;/q2*-1;;;;+2/p-2. The average Bonchev–Trinajstić information content (AvgIpc) is 3.18. The number of hydrogen-bond acceptors (Lipinski definition) is 2. The molecule has 1 heterocycles. The Kier molecular flexibility index (Phi) is 11.7. The fourth-order valence-corrected chi connectivity index (χ4v) is 2.50. The molecule has 1 unspecified atom stereocenters. The number of allylic oxidation sites excluding steroid dienone is 4. The third-order valence-electron chi connectivity index (χ3n) is 2.82. The summed E-state index contributed by atoms with van der Waals surface area (Å²) in [4.78, 5) is 0. The molecule has 0 amide bonds. The van der Waals surface area contributed by atoms with E-state index in [1.54, 1.807) is 0 Å². The van der Waals surface area contributed by atoms with Crippen LogP contribution in [-0.2, 0) is 27.4 Å². The van der Waals surface area contributed by atoms with E-state index in [-0.39, 0.29) is 29.8 Å². The molecule has 1 nitrogen and oxygen atoms in total. The first-order valence-electron chi connectivity index (χ1n) is 6.02. The van der Waals surface area contributed by atoms with Crippen LogP contribution in [0.2, 0.25) is 0 Å². The second-order valence-electron chi connectivity index (χ2n) is 4.07. The minimum atomic E-state index is 0. The summed E-state index contributed by atoms with van der Waals surface area (Å²) >= 11 is 4.53. The molecular weight excluding hydrogens is 482 g/mol. The molecule has 0 spiro atoms. The van der Waals surface area contributed by atoms with Crippen molar-refractivity contribution in [3.63, 3.8) is 0 Å². The predicted octanol–water partition coefficient (Wildman–Crippen LogP) is -2.97.